The molecule has 0 aromatic heterocycles. The molecule has 1 amide bonds. The van der Waals surface area contributed by atoms with Gasteiger partial charge >= 0.3 is 0 Å². The number of nitrogens with two attached hydrogens (primary N) is 1. The summed E-state index contributed by atoms with van der Waals surface area (Å²) in [6.45, 7) is 3.56. The van der Waals surface area contributed by atoms with Crippen molar-refractivity contribution in [3.05, 3.63) is 23.8 Å². The summed E-state index contributed by atoms with van der Waals surface area (Å²) in [5.41, 5.74) is 7.44. The average Bonchev–Trinajstić information content (AvgIpc) is 2.22. The number of hydrogen-bond acceptors (Lipinski definition) is 4. The van der Waals surface area contributed by atoms with Gasteiger partial charge in [-0.05, 0) is 25.0 Å². The molecule has 100 valence electrons. The van der Waals surface area contributed by atoms with Crippen LogP contribution >= 0.6 is 0 Å². The monoisotopic (exact) mass is 270 g/mol. The normalized spacial score (nSPS) is 11.2. The molecule has 0 atom stereocenters. The largest absolute Gasteiger partial charge is 0.397 e. The first-order valence-corrected chi connectivity index (χ1v) is 7.53. The van der Waals surface area contributed by atoms with Gasteiger partial charge in [-0.1, -0.05) is 19.1 Å². The Labute approximate surface area is 107 Å². The minimum absolute atomic E-state index is 0.0175. The number of rotatable bonds is 5. The van der Waals surface area contributed by atoms with Crippen LogP contribution in [-0.4, -0.2) is 25.8 Å². The molecular formula is C12H18N2O3S. The lowest BCUT2D eigenvalue weighted by Crippen LogP contribution is -2.25. The fourth-order valence-electron chi connectivity index (χ4n) is 1.62. The SMILES string of the molecule is CCCS(=O)(=O)CC(=O)Nc1c(C)cccc1N. The van der Waals surface area contributed by atoms with Gasteiger partial charge in [0.1, 0.15) is 5.75 Å². The van der Waals surface area contributed by atoms with Crippen LogP contribution in [0.4, 0.5) is 11.4 Å². The summed E-state index contributed by atoms with van der Waals surface area (Å²) in [6, 6.07) is 5.23. The molecule has 6 heteroatoms. The third-order valence-electron chi connectivity index (χ3n) is 2.44. The van der Waals surface area contributed by atoms with E-state index in [1.807, 2.05) is 0 Å². The Morgan fingerprint density at radius 2 is 2.06 bits per heavy atom. The predicted octanol–water partition coefficient (Wildman–Crippen LogP) is 1.34. The number of aryl methyl sites for hydroxylation is 1. The molecule has 18 heavy (non-hydrogen) atoms. The Hall–Kier alpha value is -1.56. The molecule has 0 radical (unpaired) electrons. The first-order chi connectivity index (χ1) is 8.35. The maximum Gasteiger partial charge on any atom is 0.239 e. The molecule has 0 fully saturated rings. The molecule has 0 bridgehead atoms. The van der Waals surface area contributed by atoms with Crippen molar-refractivity contribution in [3.8, 4) is 0 Å². The number of carbonyl (C=O) groups excluding carboxylic acids is 1. The number of sulfone groups is 1. The van der Waals surface area contributed by atoms with Gasteiger partial charge in [0, 0.05) is 0 Å². The van der Waals surface area contributed by atoms with E-state index < -0.39 is 21.5 Å². The van der Waals surface area contributed by atoms with Gasteiger partial charge in [-0.15, -0.1) is 0 Å². The molecule has 0 heterocycles. The molecule has 0 unspecified atom stereocenters. The van der Waals surface area contributed by atoms with Gasteiger partial charge in [0.25, 0.3) is 0 Å². The smallest absolute Gasteiger partial charge is 0.239 e. The third-order valence-corrected chi connectivity index (χ3v) is 4.17. The van der Waals surface area contributed by atoms with Crippen molar-refractivity contribution in [1.29, 1.82) is 0 Å². The highest BCUT2D eigenvalue weighted by Gasteiger charge is 2.16. The van der Waals surface area contributed by atoms with E-state index in [0.717, 1.165) is 5.56 Å². The van der Waals surface area contributed by atoms with Crippen LogP contribution in [0.1, 0.15) is 18.9 Å². The Balaban J connectivity index is 2.77. The molecule has 0 saturated heterocycles. The summed E-state index contributed by atoms with van der Waals surface area (Å²) < 4.78 is 23.0. The molecule has 1 rings (SSSR count). The molecule has 0 aliphatic carbocycles. The van der Waals surface area contributed by atoms with Gasteiger partial charge in [-0.3, -0.25) is 4.79 Å². The molecule has 1 aromatic carbocycles. The first-order valence-electron chi connectivity index (χ1n) is 5.71. The van der Waals surface area contributed by atoms with Gasteiger partial charge in [-0.2, -0.15) is 0 Å². The molecule has 3 N–H and O–H groups in total. The number of para-hydroxylation sites is 1. The highest BCUT2D eigenvalue weighted by atomic mass is 32.2. The second-order valence-corrected chi connectivity index (χ2v) is 6.36. The summed E-state index contributed by atoms with van der Waals surface area (Å²) >= 11 is 0. The van der Waals surface area contributed by atoms with Crippen molar-refractivity contribution in [2.45, 2.75) is 20.3 Å². The molecule has 5 nitrogen and oxygen atoms in total. The first kappa shape index (κ1) is 14.5. The lowest BCUT2D eigenvalue weighted by Gasteiger charge is -2.11. The predicted molar refractivity (Wildman–Crippen MR) is 73.2 cm³/mol. The number of carbonyl (C=O) groups is 1. The summed E-state index contributed by atoms with van der Waals surface area (Å²) in [5, 5.41) is 2.55. The summed E-state index contributed by atoms with van der Waals surface area (Å²) in [7, 11) is -3.33. The zero-order valence-corrected chi connectivity index (χ0v) is 11.4. The second kappa shape index (κ2) is 5.86. The maximum absolute atomic E-state index is 11.7. The lowest BCUT2D eigenvalue weighted by atomic mass is 10.1. The topological polar surface area (TPSA) is 89.3 Å². The van der Waals surface area contributed by atoms with Crippen LogP contribution in [0.15, 0.2) is 18.2 Å². The molecule has 0 saturated carbocycles. The minimum Gasteiger partial charge on any atom is -0.397 e. The van der Waals surface area contributed by atoms with E-state index in [1.54, 1.807) is 32.0 Å². The van der Waals surface area contributed by atoms with Crippen LogP contribution < -0.4 is 11.1 Å². The molecule has 0 spiro atoms. The van der Waals surface area contributed by atoms with Crippen molar-refractivity contribution < 1.29 is 13.2 Å². The van der Waals surface area contributed by atoms with Crippen molar-refractivity contribution in [3.63, 3.8) is 0 Å². The zero-order chi connectivity index (χ0) is 13.8. The fourth-order valence-corrected chi connectivity index (χ4v) is 2.86. The Morgan fingerprint density at radius 3 is 2.61 bits per heavy atom. The Morgan fingerprint density at radius 1 is 1.39 bits per heavy atom. The van der Waals surface area contributed by atoms with Crippen LogP contribution in [0.3, 0.4) is 0 Å². The fraction of sp³-hybridized carbons (Fsp3) is 0.417. The van der Waals surface area contributed by atoms with E-state index in [0.29, 0.717) is 17.8 Å². The summed E-state index contributed by atoms with van der Waals surface area (Å²) in [4.78, 5) is 11.7. The molecule has 0 aliphatic heterocycles. The van der Waals surface area contributed by atoms with Crippen molar-refractivity contribution in [2.24, 2.45) is 0 Å². The lowest BCUT2D eigenvalue weighted by molar-refractivity contribution is -0.113. The van der Waals surface area contributed by atoms with E-state index in [-0.39, 0.29) is 5.75 Å². The van der Waals surface area contributed by atoms with Crippen molar-refractivity contribution in [2.75, 3.05) is 22.6 Å². The van der Waals surface area contributed by atoms with Crippen LogP contribution in [-0.2, 0) is 14.6 Å². The van der Waals surface area contributed by atoms with E-state index in [9.17, 15) is 13.2 Å². The van der Waals surface area contributed by atoms with Crippen LogP contribution in [0, 0.1) is 6.92 Å². The summed E-state index contributed by atoms with van der Waals surface area (Å²) in [6.07, 6.45) is 0.502. The van der Waals surface area contributed by atoms with Gasteiger partial charge in [0.05, 0.1) is 17.1 Å². The van der Waals surface area contributed by atoms with Gasteiger partial charge < -0.3 is 11.1 Å². The number of amides is 1. The average molecular weight is 270 g/mol. The van der Waals surface area contributed by atoms with Crippen LogP contribution in [0.25, 0.3) is 0 Å². The highest BCUT2D eigenvalue weighted by Crippen LogP contribution is 2.22. The van der Waals surface area contributed by atoms with Crippen molar-refractivity contribution >= 4 is 27.1 Å². The van der Waals surface area contributed by atoms with Crippen LogP contribution in [0.5, 0.6) is 0 Å². The van der Waals surface area contributed by atoms with Crippen molar-refractivity contribution in [1.82, 2.24) is 0 Å². The van der Waals surface area contributed by atoms with Crippen LogP contribution in [0.2, 0.25) is 0 Å². The maximum atomic E-state index is 11.7. The quantitative estimate of drug-likeness (QED) is 0.790. The molecule has 1 aromatic rings. The standard InChI is InChI=1S/C12H18N2O3S/c1-3-7-18(16,17)8-11(15)14-12-9(2)5-4-6-10(12)13/h4-6H,3,7-8,13H2,1-2H3,(H,14,15). The number of hydrogen-bond donors (Lipinski definition) is 2. The molecular weight excluding hydrogens is 252 g/mol. The second-order valence-electron chi connectivity index (χ2n) is 4.18. The number of benzene rings is 1. The Kier molecular flexibility index (Phi) is 4.72. The van der Waals surface area contributed by atoms with Gasteiger partial charge in [0.15, 0.2) is 9.84 Å². The van der Waals surface area contributed by atoms with E-state index in [1.165, 1.54) is 0 Å². The zero-order valence-electron chi connectivity index (χ0n) is 10.6. The van der Waals surface area contributed by atoms with E-state index in [2.05, 4.69) is 5.32 Å². The summed E-state index contributed by atoms with van der Waals surface area (Å²) in [5.74, 6) is -1.04. The molecule has 0 aliphatic rings. The Bertz CT molecular complexity index is 518. The van der Waals surface area contributed by atoms with E-state index in [4.69, 9.17) is 5.73 Å². The van der Waals surface area contributed by atoms with Gasteiger partial charge in [-0.25, -0.2) is 8.42 Å². The minimum atomic E-state index is -3.33. The van der Waals surface area contributed by atoms with Gasteiger partial charge in [0.2, 0.25) is 5.91 Å². The van der Waals surface area contributed by atoms with E-state index >= 15 is 0 Å². The highest BCUT2D eigenvalue weighted by molar-refractivity contribution is 7.92. The number of nitrogen functional groups attached to an aromatic ring is 1. The third kappa shape index (κ3) is 4.03. The number of anilines is 2. The number of nitrogens with one attached hydrogen (secondary N) is 1.